The number of carbonyl (C=O) groups excluding carboxylic acids is 2. The number of anilines is 1. The molecule has 1 unspecified atom stereocenters. The van der Waals surface area contributed by atoms with Gasteiger partial charge in [-0.2, -0.15) is 0 Å². The van der Waals surface area contributed by atoms with Crippen LogP contribution in [-0.2, 0) is 21.7 Å². The van der Waals surface area contributed by atoms with Crippen molar-refractivity contribution >= 4 is 23.5 Å². The molecule has 0 fully saturated rings. The number of fused-ring (bicyclic) bond motifs is 1. The maximum absolute atomic E-state index is 13.5. The number of carbonyl (C=O) groups is 2. The van der Waals surface area contributed by atoms with E-state index in [1.54, 1.807) is 29.2 Å². The lowest BCUT2D eigenvalue weighted by Gasteiger charge is -2.23. The summed E-state index contributed by atoms with van der Waals surface area (Å²) in [6.45, 7) is 6.61. The first kappa shape index (κ1) is 21.8. The summed E-state index contributed by atoms with van der Waals surface area (Å²) in [5.74, 6) is 0.0664. The highest BCUT2D eigenvalue weighted by Gasteiger charge is 2.50. The zero-order chi connectivity index (χ0) is 22.9. The van der Waals surface area contributed by atoms with E-state index in [2.05, 4.69) is 32.0 Å². The van der Waals surface area contributed by atoms with Gasteiger partial charge in [-0.05, 0) is 59.9 Å². The Bertz CT molecular complexity index is 1180. The van der Waals surface area contributed by atoms with Gasteiger partial charge in [0.05, 0.1) is 24.9 Å². The third-order valence-electron chi connectivity index (χ3n) is 6.01. The van der Waals surface area contributed by atoms with E-state index >= 15 is 0 Å². The number of amides is 1. The largest absolute Gasteiger partial charge is 0.465 e. The summed E-state index contributed by atoms with van der Waals surface area (Å²) in [6, 6.07) is 16.9. The lowest BCUT2D eigenvalue weighted by atomic mass is 9.90. The zero-order valence-corrected chi connectivity index (χ0v) is 18.5. The molecule has 1 aliphatic rings. The van der Waals surface area contributed by atoms with E-state index in [1.807, 2.05) is 19.1 Å². The Hall–Kier alpha value is -3.44. The third-order valence-corrected chi connectivity index (χ3v) is 6.01. The zero-order valence-electron chi connectivity index (χ0n) is 18.5. The highest BCUT2D eigenvalue weighted by molar-refractivity contribution is 6.10. The highest BCUT2D eigenvalue weighted by Crippen LogP contribution is 2.43. The molecule has 0 bridgehead atoms. The van der Waals surface area contributed by atoms with Crippen molar-refractivity contribution in [3.05, 3.63) is 95.0 Å². The van der Waals surface area contributed by atoms with Crippen LogP contribution in [-0.4, -0.2) is 16.8 Å². The Morgan fingerprint density at radius 2 is 1.94 bits per heavy atom. The second-order valence-corrected chi connectivity index (χ2v) is 8.60. The van der Waals surface area contributed by atoms with Gasteiger partial charge in [0.1, 0.15) is 5.76 Å². The Kier molecular flexibility index (Phi) is 5.85. The molecular weight excluding hydrogens is 402 g/mol. The molecule has 0 saturated carbocycles. The summed E-state index contributed by atoms with van der Waals surface area (Å²) >= 11 is 0. The van der Waals surface area contributed by atoms with E-state index in [9.17, 15) is 14.7 Å². The quantitative estimate of drug-likeness (QED) is 0.529. The molecule has 1 aromatic heterocycles. The lowest BCUT2D eigenvalue weighted by molar-refractivity contribution is -0.140. The summed E-state index contributed by atoms with van der Waals surface area (Å²) in [5, 5.41) is 11.4. The molecule has 0 spiro atoms. The number of hydrogen-bond acceptors (Lipinski definition) is 4. The number of hydrogen-bond donors (Lipinski definition) is 1. The van der Waals surface area contributed by atoms with Crippen LogP contribution < -0.4 is 4.90 Å². The minimum absolute atomic E-state index is 0.332. The normalized spacial score (nSPS) is 18.0. The van der Waals surface area contributed by atoms with E-state index in [-0.39, 0.29) is 12.2 Å². The van der Waals surface area contributed by atoms with Gasteiger partial charge in [-0.15, -0.1) is 0 Å². The average Bonchev–Trinajstić information content (AvgIpc) is 3.36. The summed E-state index contributed by atoms with van der Waals surface area (Å²) < 4.78 is 5.20. The van der Waals surface area contributed by atoms with E-state index in [1.165, 1.54) is 24.0 Å². The van der Waals surface area contributed by atoms with Crippen molar-refractivity contribution < 1.29 is 19.1 Å². The molecule has 1 N–H and O–H groups in total. The number of allylic oxidation sites excluding steroid dienone is 1. The number of nitrogens with zero attached hydrogens (tertiary/aromatic N) is 1. The topological polar surface area (TPSA) is 70.8 Å². The molecular formula is C27H27NO4. The van der Waals surface area contributed by atoms with E-state index < -0.39 is 11.5 Å². The number of aryl methyl sites for hydroxylation is 1. The molecule has 1 aliphatic heterocycles. The fraction of sp³-hybridized carbons (Fsp3) is 0.259. The SMILES string of the molecule is Cc1ccc(C(C)C)cc1CN1C(=O)C(O)(CC(=O)C=Cc2ccco2)c2ccccc21. The summed E-state index contributed by atoms with van der Waals surface area (Å²) in [5.41, 5.74) is 2.49. The van der Waals surface area contributed by atoms with E-state index in [0.717, 1.165) is 11.1 Å². The van der Waals surface area contributed by atoms with Gasteiger partial charge >= 0.3 is 0 Å². The summed E-state index contributed by atoms with van der Waals surface area (Å²) in [4.78, 5) is 27.7. The van der Waals surface area contributed by atoms with Crippen LogP contribution in [0.25, 0.3) is 6.08 Å². The number of ketones is 1. The maximum Gasteiger partial charge on any atom is 0.264 e. The first-order valence-electron chi connectivity index (χ1n) is 10.8. The number of para-hydroxylation sites is 1. The average molecular weight is 430 g/mol. The highest BCUT2D eigenvalue weighted by atomic mass is 16.3. The molecule has 5 nitrogen and oxygen atoms in total. The Morgan fingerprint density at radius 1 is 1.16 bits per heavy atom. The van der Waals surface area contributed by atoms with Gasteiger partial charge in [-0.25, -0.2) is 0 Å². The fourth-order valence-electron chi connectivity index (χ4n) is 4.10. The van der Waals surface area contributed by atoms with Crippen molar-refractivity contribution in [3.8, 4) is 0 Å². The van der Waals surface area contributed by atoms with Crippen molar-refractivity contribution in [2.45, 2.75) is 45.3 Å². The van der Waals surface area contributed by atoms with Crippen LogP contribution in [0.3, 0.4) is 0 Å². The maximum atomic E-state index is 13.5. The van der Waals surface area contributed by atoms with Crippen LogP contribution in [0, 0.1) is 6.92 Å². The molecule has 164 valence electrons. The number of rotatable bonds is 7. The lowest BCUT2D eigenvalue weighted by Crippen LogP contribution is -2.41. The van der Waals surface area contributed by atoms with Crippen molar-refractivity contribution in [1.29, 1.82) is 0 Å². The first-order chi connectivity index (χ1) is 15.3. The van der Waals surface area contributed by atoms with Gasteiger partial charge < -0.3 is 14.4 Å². The van der Waals surface area contributed by atoms with Gasteiger partial charge in [0, 0.05) is 5.56 Å². The minimum Gasteiger partial charge on any atom is -0.465 e. The monoisotopic (exact) mass is 429 g/mol. The third kappa shape index (κ3) is 4.04. The fourth-order valence-corrected chi connectivity index (χ4v) is 4.10. The predicted octanol–water partition coefficient (Wildman–Crippen LogP) is 5.12. The van der Waals surface area contributed by atoms with Crippen molar-refractivity contribution in [1.82, 2.24) is 0 Å². The Labute approximate surface area is 188 Å². The van der Waals surface area contributed by atoms with Crippen LogP contribution >= 0.6 is 0 Å². The number of benzene rings is 2. The molecule has 0 radical (unpaired) electrons. The van der Waals surface area contributed by atoms with Crippen LogP contribution in [0.5, 0.6) is 0 Å². The summed E-state index contributed by atoms with van der Waals surface area (Å²) in [7, 11) is 0. The van der Waals surface area contributed by atoms with Crippen molar-refractivity contribution in [3.63, 3.8) is 0 Å². The Morgan fingerprint density at radius 3 is 2.66 bits per heavy atom. The molecule has 2 aromatic carbocycles. The smallest absolute Gasteiger partial charge is 0.264 e. The number of aliphatic hydroxyl groups is 1. The van der Waals surface area contributed by atoms with Gasteiger partial charge in [0.25, 0.3) is 5.91 Å². The summed E-state index contributed by atoms with van der Waals surface area (Å²) in [6.07, 6.45) is 4.06. The van der Waals surface area contributed by atoms with Crippen LogP contribution in [0.1, 0.15) is 54.2 Å². The van der Waals surface area contributed by atoms with E-state index in [4.69, 9.17) is 4.42 Å². The standard InChI is InChI=1S/C27H27NO4/c1-18(2)20-11-10-19(3)21(15-20)17-28-25-9-5-4-8-24(25)27(31,26(28)30)16-22(29)12-13-23-7-6-14-32-23/h4-15,18,31H,16-17H2,1-3H3. The molecule has 5 heteroatoms. The second kappa shape index (κ2) is 8.60. The van der Waals surface area contributed by atoms with Gasteiger partial charge in [0.2, 0.25) is 0 Å². The van der Waals surface area contributed by atoms with E-state index in [0.29, 0.717) is 29.5 Å². The molecule has 1 atom stereocenters. The second-order valence-electron chi connectivity index (χ2n) is 8.60. The molecule has 4 rings (SSSR count). The van der Waals surface area contributed by atoms with Crippen LogP contribution in [0.2, 0.25) is 0 Å². The van der Waals surface area contributed by atoms with Crippen molar-refractivity contribution in [2.24, 2.45) is 0 Å². The van der Waals surface area contributed by atoms with Crippen LogP contribution in [0.15, 0.2) is 71.4 Å². The molecule has 1 amide bonds. The van der Waals surface area contributed by atoms with Crippen LogP contribution in [0.4, 0.5) is 5.69 Å². The van der Waals surface area contributed by atoms with Gasteiger partial charge in [-0.3, -0.25) is 9.59 Å². The van der Waals surface area contributed by atoms with Crippen molar-refractivity contribution in [2.75, 3.05) is 4.90 Å². The molecule has 3 aromatic rings. The number of furan rings is 1. The van der Waals surface area contributed by atoms with Gasteiger partial charge in [0.15, 0.2) is 11.4 Å². The molecule has 0 aliphatic carbocycles. The minimum atomic E-state index is -1.90. The van der Waals surface area contributed by atoms with Gasteiger partial charge in [-0.1, -0.05) is 50.2 Å². The molecule has 2 heterocycles. The molecule has 32 heavy (non-hydrogen) atoms. The molecule has 0 saturated heterocycles. The predicted molar refractivity (Wildman–Crippen MR) is 124 cm³/mol. The first-order valence-corrected chi connectivity index (χ1v) is 10.8. The Balaban J connectivity index is 1.63.